The molecule has 0 saturated heterocycles. The Kier molecular flexibility index (Phi) is 4.33. The molecule has 100 valence electrons. The van der Waals surface area contributed by atoms with Crippen LogP contribution in [-0.4, -0.2) is 7.05 Å². The van der Waals surface area contributed by atoms with Crippen LogP contribution in [0.5, 0.6) is 0 Å². The fraction of sp³-hybridized carbons (Fsp3) is 0.294. The van der Waals surface area contributed by atoms with E-state index in [2.05, 4.69) is 37.4 Å². The molecule has 0 spiro atoms. The Labute approximate surface area is 114 Å². The minimum Gasteiger partial charge on any atom is -0.313 e. The quantitative estimate of drug-likeness (QED) is 0.874. The van der Waals surface area contributed by atoms with E-state index in [1.807, 2.05) is 13.1 Å². The van der Waals surface area contributed by atoms with E-state index in [0.29, 0.717) is 0 Å². The lowest BCUT2D eigenvalue weighted by Gasteiger charge is -2.17. The highest BCUT2D eigenvalue weighted by molar-refractivity contribution is 5.31. The first-order chi connectivity index (χ1) is 9.10. The maximum Gasteiger partial charge on any atom is 0.123 e. The normalized spacial score (nSPS) is 12.4. The first kappa shape index (κ1) is 13.8. The number of rotatable bonds is 4. The van der Waals surface area contributed by atoms with Gasteiger partial charge in [0.05, 0.1) is 0 Å². The van der Waals surface area contributed by atoms with Crippen molar-refractivity contribution in [1.29, 1.82) is 0 Å². The van der Waals surface area contributed by atoms with Gasteiger partial charge in [0.15, 0.2) is 0 Å². The summed E-state index contributed by atoms with van der Waals surface area (Å²) in [5.74, 6) is -0.183. The molecule has 1 nitrogen and oxygen atoms in total. The van der Waals surface area contributed by atoms with Crippen molar-refractivity contribution in [2.75, 3.05) is 7.05 Å². The lowest BCUT2D eigenvalue weighted by Crippen LogP contribution is -2.19. The first-order valence-corrected chi connectivity index (χ1v) is 6.59. The third-order valence-electron chi connectivity index (χ3n) is 3.61. The zero-order valence-corrected chi connectivity index (χ0v) is 11.7. The summed E-state index contributed by atoms with van der Waals surface area (Å²) in [4.78, 5) is 0. The zero-order valence-electron chi connectivity index (χ0n) is 11.7. The Balaban J connectivity index is 2.21. The van der Waals surface area contributed by atoms with Gasteiger partial charge in [-0.25, -0.2) is 4.39 Å². The molecule has 0 aliphatic rings. The minimum absolute atomic E-state index is 0.137. The van der Waals surface area contributed by atoms with Crippen molar-refractivity contribution in [1.82, 2.24) is 5.32 Å². The van der Waals surface area contributed by atoms with Gasteiger partial charge < -0.3 is 5.32 Å². The van der Waals surface area contributed by atoms with Crippen LogP contribution in [0.15, 0.2) is 42.5 Å². The molecule has 0 saturated carbocycles. The van der Waals surface area contributed by atoms with Gasteiger partial charge >= 0.3 is 0 Å². The summed E-state index contributed by atoms with van der Waals surface area (Å²) in [5, 5.41) is 3.26. The van der Waals surface area contributed by atoms with Gasteiger partial charge in [0.25, 0.3) is 0 Å². The number of nitrogens with one attached hydrogen (secondary N) is 1. The summed E-state index contributed by atoms with van der Waals surface area (Å²) < 4.78 is 13.3. The Hall–Kier alpha value is -1.67. The third kappa shape index (κ3) is 3.42. The van der Waals surface area contributed by atoms with Crippen molar-refractivity contribution in [3.8, 4) is 0 Å². The van der Waals surface area contributed by atoms with Gasteiger partial charge in [0.1, 0.15) is 5.82 Å². The Bertz CT molecular complexity index is 563. The van der Waals surface area contributed by atoms with E-state index in [1.165, 1.54) is 22.8 Å². The maximum atomic E-state index is 13.3. The van der Waals surface area contributed by atoms with Crippen LogP contribution in [0.3, 0.4) is 0 Å². The largest absolute Gasteiger partial charge is 0.313 e. The molecule has 0 aliphatic heterocycles. The van der Waals surface area contributed by atoms with Gasteiger partial charge in [-0.1, -0.05) is 30.3 Å². The second kappa shape index (κ2) is 5.98. The maximum absolute atomic E-state index is 13.3. The molecule has 2 aromatic rings. The number of likely N-dealkylation sites (N-methyl/N-ethyl adjacent to an activating group) is 1. The molecule has 2 aromatic carbocycles. The third-order valence-corrected chi connectivity index (χ3v) is 3.61. The van der Waals surface area contributed by atoms with E-state index >= 15 is 0 Å². The molecule has 0 fully saturated rings. The fourth-order valence-electron chi connectivity index (χ4n) is 2.28. The van der Waals surface area contributed by atoms with Crippen LogP contribution in [0.2, 0.25) is 0 Å². The second-order valence-corrected chi connectivity index (χ2v) is 5.02. The van der Waals surface area contributed by atoms with Crippen molar-refractivity contribution in [3.05, 3.63) is 70.5 Å². The predicted molar refractivity (Wildman–Crippen MR) is 77.8 cm³/mol. The van der Waals surface area contributed by atoms with Crippen LogP contribution in [0.25, 0.3) is 0 Å². The lowest BCUT2D eigenvalue weighted by atomic mass is 9.96. The zero-order chi connectivity index (χ0) is 13.8. The lowest BCUT2D eigenvalue weighted by molar-refractivity contribution is 0.577. The second-order valence-electron chi connectivity index (χ2n) is 5.02. The summed E-state index contributed by atoms with van der Waals surface area (Å²) in [5.41, 5.74) is 4.86. The van der Waals surface area contributed by atoms with Crippen LogP contribution in [-0.2, 0) is 6.42 Å². The van der Waals surface area contributed by atoms with E-state index in [1.54, 1.807) is 12.1 Å². The predicted octanol–water partition coefficient (Wildman–Crippen LogP) is 3.95. The van der Waals surface area contributed by atoms with Gasteiger partial charge in [-0.15, -0.1) is 0 Å². The highest BCUT2D eigenvalue weighted by Crippen LogP contribution is 2.20. The average Bonchev–Trinajstić information content (AvgIpc) is 2.40. The van der Waals surface area contributed by atoms with Crippen molar-refractivity contribution >= 4 is 0 Å². The van der Waals surface area contributed by atoms with E-state index in [0.717, 1.165) is 12.0 Å². The Morgan fingerprint density at radius 2 is 1.84 bits per heavy atom. The van der Waals surface area contributed by atoms with Crippen molar-refractivity contribution < 1.29 is 4.39 Å². The summed E-state index contributed by atoms with van der Waals surface area (Å²) in [6, 6.07) is 13.4. The standard InChI is InChI=1S/C17H20FN/c1-12-7-8-14(9-13(12)2)10-17(19-3)15-5-4-6-16(18)11-15/h4-9,11,17,19H,10H2,1-3H3. The monoisotopic (exact) mass is 257 g/mol. The van der Waals surface area contributed by atoms with Crippen LogP contribution >= 0.6 is 0 Å². The van der Waals surface area contributed by atoms with Crippen LogP contribution in [0.1, 0.15) is 28.3 Å². The number of hydrogen-bond acceptors (Lipinski definition) is 1. The van der Waals surface area contributed by atoms with Gasteiger partial charge in [0.2, 0.25) is 0 Å². The Morgan fingerprint density at radius 1 is 1.05 bits per heavy atom. The molecular formula is C17H20FN. The number of halogens is 1. The molecule has 0 aromatic heterocycles. The van der Waals surface area contributed by atoms with Gasteiger partial charge in [-0.3, -0.25) is 0 Å². The summed E-state index contributed by atoms with van der Waals surface area (Å²) in [6.45, 7) is 4.23. The number of aryl methyl sites for hydroxylation is 2. The Morgan fingerprint density at radius 3 is 2.47 bits per heavy atom. The van der Waals surface area contributed by atoms with Crippen LogP contribution < -0.4 is 5.32 Å². The molecule has 0 aliphatic carbocycles. The van der Waals surface area contributed by atoms with Crippen LogP contribution in [0.4, 0.5) is 4.39 Å². The van der Waals surface area contributed by atoms with E-state index in [4.69, 9.17) is 0 Å². The molecule has 2 rings (SSSR count). The summed E-state index contributed by atoms with van der Waals surface area (Å²) in [7, 11) is 1.91. The van der Waals surface area contributed by atoms with Crippen molar-refractivity contribution in [3.63, 3.8) is 0 Å². The van der Waals surface area contributed by atoms with Gasteiger partial charge in [-0.2, -0.15) is 0 Å². The van der Waals surface area contributed by atoms with E-state index in [-0.39, 0.29) is 11.9 Å². The number of benzene rings is 2. The van der Waals surface area contributed by atoms with Crippen molar-refractivity contribution in [2.24, 2.45) is 0 Å². The van der Waals surface area contributed by atoms with E-state index in [9.17, 15) is 4.39 Å². The summed E-state index contributed by atoms with van der Waals surface area (Å²) >= 11 is 0. The molecule has 1 unspecified atom stereocenters. The van der Waals surface area contributed by atoms with Gasteiger partial charge in [0, 0.05) is 6.04 Å². The van der Waals surface area contributed by atoms with E-state index < -0.39 is 0 Å². The SMILES string of the molecule is CNC(Cc1ccc(C)c(C)c1)c1cccc(F)c1. The number of hydrogen-bond donors (Lipinski definition) is 1. The van der Waals surface area contributed by atoms with Crippen LogP contribution in [0, 0.1) is 19.7 Å². The van der Waals surface area contributed by atoms with Gasteiger partial charge in [-0.05, 0) is 61.7 Å². The molecule has 0 amide bonds. The molecular weight excluding hydrogens is 237 g/mol. The minimum atomic E-state index is -0.183. The molecule has 1 N–H and O–H groups in total. The topological polar surface area (TPSA) is 12.0 Å². The molecule has 2 heteroatoms. The molecule has 1 atom stereocenters. The molecule has 0 heterocycles. The molecule has 0 radical (unpaired) electrons. The molecule has 19 heavy (non-hydrogen) atoms. The molecule has 0 bridgehead atoms. The van der Waals surface area contributed by atoms with Crippen molar-refractivity contribution in [2.45, 2.75) is 26.3 Å². The fourth-order valence-corrected chi connectivity index (χ4v) is 2.28. The summed E-state index contributed by atoms with van der Waals surface area (Å²) in [6.07, 6.45) is 0.862. The highest BCUT2D eigenvalue weighted by Gasteiger charge is 2.11. The first-order valence-electron chi connectivity index (χ1n) is 6.59. The highest BCUT2D eigenvalue weighted by atomic mass is 19.1. The smallest absolute Gasteiger partial charge is 0.123 e. The average molecular weight is 257 g/mol.